The van der Waals surface area contributed by atoms with Crippen LogP contribution >= 0.6 is 0 Å². The van der Waals surface area contributed by atoms with Crippen LogP contribution in [0.25, 0.3) is 0 Å². The molecule has 1 N–H and O–H groups in total. The molecular weight excluding hydrogens is 188 g/mol. The van der Waals surface area contributed by atoms with Crippen LogP contribution in [0.1, 0.15) is 34.1 Å². The Morgan fingerprint density at radius 3 is 2.47 bits per heavy atom. The molecule has 3 nitrogen and oxygen atoms in total. The van der Waals surface area contributed by atoms with E-state index in [2.05, 4.69) is 45.0 Å². The van der Waals surface area contributed by atoms with E-state index >= 15 is 0 Å². The predicted molar refractivity (Wildman–Crippen MR) is 66.3 cm³/mol. The second-order valence-corrected chi connectivity index (χ2v) is 4.90. The monoisotopic (exact) mass is 216 g/mol. The molecule has 0 aromatic rings. The quantitative estimate of drug-likeness (QED) is 0.669. The molecule has 15 heavy (non-hydrogen) atoms. The van der Waals surface area contributed by atoms with Crippen molar-refractivity contribution in [2.24, 2.45) is 0 Å². The highest BCUT2D eigenvalue weighted by Gasteiger charge is 2.20. The molecule has 92 valence electrons. The summed E-state index contributed by atoms with van der Waals surface area (Å²) in [5.41, 5.74) is 0.298. The molecule has 3 heteroatoms. The van der Waals surface area contributed by atoms with E-state index in [1.165, 1.54) is 6.42 Å². The Kier molecular flexibility index (Phi) is 7.14. The summed E-state index contributed by atoms with van der Waals surface area (Å²) in [5.74, 6) is 0. The number of nitrogens with one attached hydrogen (secondary N) is 1. The molecule has 1 atom stereocenters. The third-order valence-corrected chi connectivity index (χ3v) is 3.26. The smallest absolute Gasteiger partial charge is 0.0613 e. The van der Waals surface area contributed by atoms with Gasteiger partial charge < -0.3 is 10.1 Å². The van der Waals surface area contributed by atoms with Crippen LogP contribution in [0.2, 0.25) is 0 Å². The Bertz CT molecular complexity index is 160. The standard InChI is InChI=1S/C12H28N2O/c1-7-12(3,4)14(5)9-8-13-11(2)10-15-6/h11,13H,7-10H2,1-6H3. The van der Waals surface area contributed by atoms with Gasteiger partial charge in [0.05, 0.1) is 6.61 Å². The number of ether oxygens (including phenoxy) is 1. The molecule has 0 rings (SSSR count). The van der Waals surface area contributed by atoms with Crippen LogP contribution in [0.3, 0.4) is 0 Å². The first-order valence-corrected chi connectivity index (χ1v) is 5.87. The highest BCUT2D eigenvalue weighted by Crippen LogP contribution is 2.15. The van der Waals surface area contributed by atoms with Crippen molar-refractivity contribution < 1.29 is 4.74 Å². The van der Waals surface area contributed by atoms with E-state index in [4.69, 9.17) is 4.74 Å². The van der Waals surface area contributed by atoms with E-state index in [-0.39, 0.29) is 0 Å². The Morgan fingerprint density at radius 1 is 1.40 bits per heavy atom. The first kappa shape index (κ1) is 14.9. The van der Waals surface area contributed by atoms with Crippen molar-refractivity contribution in [3.8, 4) is 0 Å². The van der Waals surface area contributed by atoms with E-state index in [9.17, 15) is 0 Å². The van der Waals surface area contributed by atoms with Crippen molar-refractivity contribution in [2.75, 3.05) is 33.9 Å². The van der Waals surface area contributed by atoms with Crippen molar-refractivity contribution in [1.82, 2.24) is 10.2 Å². The van der Waals surface area contributed by atoms with Crippen LogP contribution in [-0.2, 0) is 4.74 Å². The predicted octanol–water partition coefficient (Wildman–Crippen LogP) is 1.73. The Morgan fingerprint density at radius 2 is 2.00 bits per heavy atom. The molecule has 0 saturated heterocycles. The lowest BCUT2D eigenvalue weighted by Crippen LogP contribution is -2.45. The summed E-state index contributed by atoms with van der Waals surface area (Å²) < 4.78 is 5.07. The van der Waals surface area contributed by atoms with Gasteiger partial charge in [-0.05, 0) is 34.2 Å². The van der Waals surface area contributed by atoms with Gasteiger partial charge in [0.2, 0.25) is 0 Å². The topological polar surface area (TPSA) is 24.5 Å². The van der Waals surface area contributed by atoms with Gasteiger partial charge in [-0.2, -0.15) is 0 Å². The van der Waals surface area contributed by atoms with Crippen LogP contribution in [0.4, 0.5) is 0 Å². The minimum Gasteiger partial charge on any atom is -0.383 e. The van der Waals surface area contributed by atoms with E-state index in [0.717, 1.165) is 19.7 Å². The zero-order chi connectivity index (χ0) is 11.9. The highest BCUT2D eigenvalue weighted by molar-refractivity contribution is 4.77. The van der Waals surface area contributed by atoms with Gasteiger partial charge in [-0.3, -0.25) is 4.90 Å². The van der Waals surface area contributed by atoms with E-state index < -0.39 is 0 Å². The molecule has 0 amide bonds. The van der Waals surface area contributed by atoms with Gasteiger partial charge in [-0.1, -0.05) is 6.92 Å². The van der Waals surface area contributed by atoms with Gasteiger partial charge in [-0.25, -0.2) is 0 Å². The maximum atomic E-state index is 5.07. The fourth-order valence-corrected chi connectivity index (χ4v) is 1.36. The van der Waals surface area contributed by atoms with Gasteiger partial charge in [-0.15, -0.1) is 0 Å². The molecule has 0 aliphatic heterocycles. The fraction of sp³-hybridized carbons (Fsp3) is 1.00. The van der Waals surface area contributed by atoms with E-state index in [1.54, 1.807) is 7.11 Å². The van der Waals surface area contributed by atoms with Gasteiger partial charge >= 0.3 is 0 Å². The lowest BCUT2D eigenvalue weighted by atomic mass is 10.0. The third-order valence-electron chi connectivity index (χ3n) is 3.26. The minimum atomic E-state index is 0.298. The molecule has 0 spiro atoms. The van der Waals surface area contributed by atoms with E-state index in [0.29, 0.717) is 11.6 Å². The van der Waals surface area contributed by atoms with Crippen LogP contribution in [0.5, 0.6) is 0 Å². The second-order valence-electron chi connectivity index (χ2n) is 4.90. The maximum Gasteiger partial charge on any atom is 0.0613 e. The molecule has 1 unspecified atom stereocenters. The number of hydrogen-bond donors (Lipinski definition) is 1. The number of hydrogen-bond acceptors (Lipinski definition) is 3. The molecule has 0 aliphatic carbocycles. The Labute approximate surface area is 95.2 Å². The van der Waals surface area contributed by atoms with Crippen molar-refractivity contribution in [3.05, 3.63) is 0 Å². The summed E-state index contributed by atoms with van der Waals surface area (Å²) in [5, 5.41) is 3.44. The number of rotatable bonds is 8. The molecule has 0 aromatic carbocycles. The van der Waals surface area contributed by atoms with Gasteiger partial charge in [0.15, 0.2) is 0 Å². The summed E-state index contributed by atoms with van der Waals surface area (Å²) in [6.45, 7) is 11.8. The minimum absolute atomic E-state index is 0.298. The van der Waals surface area contributed by atoms with Crippen LogP contribution in [-0.4, -0.2) is 50.3 Å². The van der Waals surface area contributed by atoms with E-state index in [1.807, 2.05) is 0 Å². The largest absolute Gasteiger partial charge is 0.383 e. The van der Waals surface area contributed by atoms with Gasteiger partial charge in [0.25, 0.3) is 0 Å². The van der Waals surface area contributed by atoms with Crippen molar-refractivity contribution in [3.63, 3.8) is 0 Å². The summed E-state index contributed by atoms with van der Waals surface area (Å²) in [4.78, 5) is 2.40. The molecule has 0 fully saturated rings. The molecule has 0 bridgehead atoms. The normalized spacial score (nSPS) is 14.6. The van der Waals surface area contributed by atoms with Crippen LogP contribution in [0.15, 0.2) is 0 Å². The second kappa shape index (κ2) is 7.20. The van der Waals surface area contributed by atoms with Gasteiger partial charge in [0, 0.05) is 31.8 Å². The molecule has 0 radical (unpaired) electrons. The third kappa shape index (κ3) is 6.13. The molecule has 0 aromatic heterocycles. The Balaban J connectivity index is 3.67. The molecule has 0 heterocycles. The fourth-order valence-electron chi connectivity index (χ4n) is 1.36. The van der Waals surface area contributed by atoms with Crippen molar-refractivity contribution >= 4 is 0 Å². The van der Waals surface area contributed by atoms with Crippen molar-refractivity contribution in [1.29, 1.82) is 0 Å². The van der Waals surface area contributed by atoms with Gasteiger partial charge in [0.1, 0.15) is 0 Å². The lowest BCUT2D eigenvalue weighted by Gasteiger charge is -2.35. The maximum absolute atomic E-state index is 5.07. The average Bonchev–Trinajstić information content (AvgIpc) is 2.18. The SMILES string of the molecule is CCC(C)(C)N(C)CCNC(C)COC. The number of likely N-dealkylation sites (N-methyl/N-ethyl adjacent to an activating group) is 1. The first-order chi connectivity index (χ1) is 6.94. The lowest BCUT2D eigenvalue weighted by molar-refractivity contribution is 0.141. The molecule has 0 aliphatic rings. The van der Waals surface area contributed by atoms with Crippen LogP contribution in [0, 0.1) is 0 Å². The zero-order valence-corrected chi connectivity index (χ0v) is 11.3. The average molecular weight is 216 g/mol. The summed E-state index contributed by atoms with van der Waals surface area (Å²) in [6.07, 6.45) is 1.18. The highest BCUT2D eigenvalue weighted by atomic mass is 16.5. The zero-order valence-electron chi connectivity index (χ0n) is 11.3. The first-order valence-electron chi connectivity index (χ1n) is 5.87. The number of methoxy groups -OCH3 is 1. The van der Waals surface area contributed by atoms with Crippen LogP contribution < -0.4 is 5.32 Å². The number of nitrogens with zero attached hydrogens (tertiary/aromatic N) is 1. The van der Waals surface area contributed by atoms with Crippen molar-refractivity contribution in [2.45, 2.75) is 45.7 Å². The summed E-state index contributed by atoms with van der Waals surface area (Å²) >= 11 is 0. The molecular formula is C12H28N2O. The molecule has 0 saturated carbocycles. The Hall–Kier alpha value is -0.120. The summed E-state index contributed by atoms with van der Waals surface area (Å²) in [7, 11) is 3.93. The summed E-state index contributed by atoms with van der Waals surface area (Å²) in [6, 6.07) is 0.438.